The van der Waals surface area contributed by atoms with Gasteiger partial charge in [-0.3, -0.25) is 19.4 Å². The van der Waals surface area contributed by atoms with Crippen LogP contribution in [0.2, 0.25) is 0 Å². The lowest BCUT2D eigenvalue weighted by molar-refractivity contribution is -0.123. The minimum absolute atomic E-state index is 0.115. The first kappa shape index (κ1) is 49.9. The average molecular weight is 1090 g/mol. The van der Waals surface area contributed by atoms with E-state index >= 15 is 0 Å². The van der Waals surface area contributed by atoms with Crippen LogP contribution in [0.15, 0.2) is 191 Å². The molecular weight excluding hydrogens is 1030 g/mol. The number of carbonyl (C=O) groups is 2. The standard InChI is InChI=1S/C34H33N5O2.C28H28BrN5O2/c1-23-33(40)37-36-31-20-41-30-18-27(24-12-6-3-7-13-24)28(19-29(30)39(23)31)35-34(2)21-38(22-34)32(25-14-8-4-9-15-25)26-16-10-5-11-17-26;1-18-27(35)32-31-25-15-36-24-13-21(29)22(14-23(24)34(18)25)30-28(2)16-33(17-28)26(19-9-5-3-6-10-19)20-11-7-4-8-12-20/h3-19,23,32,35H,20-22H2,1-2H3,(H,37,40);3-14,18,26,30H,15-17H2,1-2H3,(H,32,35). The van der Waals surface area contributed by atoms with E-state index in [4.69, 9.17) is 9.47 Å². The topological polar surface area (TPSA) is 138 Å². The summed E-state index contributed by atoms with van der Waals surface area (Å²) in [5.41, 5.74) is 16.0. The van der Waals surface area contributed by atoms with Gasteiger partial charge in [-0.25, -0.2) is 10.9 Å². The summed E-state index contributed by atoms with van der Waals surface area (Å²) in [6.45, 7) is 12.5. The Balaban J connectivity index is 0.000000156. The predicted octanol–water partition coefficient (Wildman–Crippen LogP) is 10.4. The van der Waals surface area contributed by atoms with Gasteiger partial charge >= 0.3 is 0 Å². The van der Waals surface area contributed by atoms with E-state index in [1.54, 1.807) is 0 Å². The maximum Gasteiger partial charge on any atom is 0.262 e. The molecule has 6 heterocycles. The molecule has 4 N–H and O–H groups in total. The zero-order valence-corrected chi connectivity index (χ0v) is 45.1. The van der Waals surface area contributed by atoms with E-state index in [1.807, 2.05) is 35.8 Å². The Bertz CT molecular complexity index is 3300. The van der Waals surface area contributed by atoms with Gasteiger partial charge in [0.05, 0.1) is 40.2 Å². The summed E-state index contributed by atoms with van der Waals surface area (Å²) in [4.78, 5) is 33.8. The van der Waals surface area contributed by atoms with Crippen LogP contribution in [0.4, 0.5) is 22.7 Å². The van der Waals surface area contributed by atoms with E-state index in [2.05, 4.69) is 235 Å². The molecule has 14 nitrogen and oxygen atoms in total. The molecule has 7 aromatic carbocycles. The van der Waals surface area contributed by atoms with Gasteiger partial charge in [-0.05, 0) is 95.7 Å². The predicted molar refractivity (Wildman–Crippen MR) is 309 cm³/mol. The first-order valence-corrected chi connectivity index (χ1v) is 27.1. The fraction of sp³-hybridized carbons (Fsp3) is 0.258. The summed E-state index contributed by atoms with van der Waals surface area (Å²) in [6.07, 6.45) is 0. The summed E-state index contributed by atoms with van der Waals surface area (Å²) in [5.74, 6) is 2.65. The Labute approximate surface area is 457 Å². The van der Waals surface area contributed by atoms with E-state index in [0.29, 0.717) is 24.9 Å². The summed E-state index contributed by atoms with van der Waals surface area (Å²) >= 11 is 3.73. The number of anilines is 4. The zero-order valence-electron chi connectivity index (χ0n) is 43.5. The van der Waals surface area contributed by atoms with Crippen molar-refractivity contribution in [1.29, 1.82) is 0 Å². The highest BCUT2D eigenvalue weighted by Crippen LogP contribution is 2.47. The molecule has 6 aliphatic rings. The Hall–Kier alpha value is -7.98. The molecule has 0 saturated carbocycles. The molecule has 2 unspecified atom stereocenters. The molecule has 0 aliphatic carbocycles. The van der Waals surface area contributed by atoms with Gasteiger partial charge in [0.1, 0.15) is 36.8 Å². The van der Waals surface area contributed by atoms with Crippen LogP contribution < -0.4 is 40.8 Å². The average Bonchev–Trinajstić information content (AvgIpc) is 3.55. The van der Waals surface area contributed by atoms with Crippen LogP contribution >= 0.6 is 15.9 Å². The fourth-order valence-electron chi connectivity index (χ4n) is 11.8. The largest absolute Gasteiger partial charge is 0.483 e. The number of hydrogen-bond donors (Lipinski definition) is 4. The molecule has 2 atom stereocenters. The van der Waals surface area contributed by atoms with Crippen molar-refractivity contribution >= 4 is 62.2 Å². The van der Waals surface area contributed by atoms with Crippen molar-refractivity contribution in [3.8, 4) is 22.6 Å². The SMILES string of the molecule is CC1C(=O)NN=C2COc3cc(-c4ccccc4)c(NC4(C)CN(C(c5ccccc5)c5ccccc5)C4)cc3N21.CC1C(=O)NN=C2COc3cc(Br)c(NC4(C)CN(C(c5ccccc5)c5ccccc5)C4)cc3N21. The molecule has 6 aliphatic heterocycles. The minimum Gasteiger partial charge on any atom is -0.483 e. The number of nitrogens with one attached hydrogen (secondary N) is 4. The number of carbonyl (C=O) groups excluding carboxylic acids is 2. The van der Waals surface area contributed by atoms with Crippen LogP contribution in [0.25, 0.3) is 11.1 Å². The number of benzene rings is 7. The van der Waals surface area contributed by atoms with Gasteiger partial charge in [0, 0.05) is 41.9 Å². The molecule has 77 heavy (non-hydrogen) atoms. The number of fused-ring (bicyclic) bond motifs is 6. The second-order valence-corrected chi connectivity index (χ2v) is 22.2. The van der Waals surface area contributed by atoms with Crippen LogP contribution in [0.1, 0.15) is 62.0 Å². The molecule has 15 heteroatoms. The van der Waals surface area contributed by atoms with Gasteiger partial charge in [-0.2, -0.15) is 10.2 Å². The molecule has 0 radical (unpaired) electrons. The van der Waals surface area contributed by atoms with Crippen molar-refractivity contribution < 1.29 is 19.1 Å². The number of hydrazone groups is 2. The maximum absolute atomic E-state index is 12.5. The highest BCUT2D eigenvalue weighted by Gasteiger charge is 2.46. The summed E-state index contributed by atoms with van der Waals surface area (Å²) in [5, 5.41) is 16.2. The minimum atomic E-state index is -0.382. The number of halogens is 1. The van der Waals surface area contributed by atoms with Gasteiger partial charge in [-0.1, -0.05) is 152 Å². The summed E-state index contributed by atoms with van der Waals surface area (Å²) in [6, 6.07) is 61.1. The van der Waals surface area contributed by atoms with Crippen LogP contribution in [-0.2, 0) is 9.59 Å². The zero-order chi connectivity index (χ0) is 52.8. The Morgan fingerprint density at radius 2 is 0.896 bits per heavy atom. The number of hydrogen-bond acceptors (Lipinski definition) is 12. The third-order valence-electron chi connectivity index (χ3n) is 15.4. The van der Waals surface area contributed by atoms with Gasteiger partial charge in [0.15, 0.2) is 11.7 Å². The van der Waals surface area contributed by atoms with Crippen LogP contribution in [0, 0.1) is 0 Å². The number of amides is 2. The molecular formula is C62H61BrN10O4. The molecule has 0 bridgehead atoms. The van der Waals surface area contributed by atoms with Crippen molar-refractivity contribution in [2.45, 2.75) is 62.9 Å². The van der Waals surface area contributed by atoms with Crippen LogP contribution in [0.3, 0.4) is 0 Å². The number of ether oxygens (including phenoxy) is 2. The smallest absolute Gasteiger partial charge is 0.262 e. The Kier molecular flexibility index (Phi) is 13.3. The molecule has 2 saturated heterocycles. The van der Waals surface area contributed by atoms with Crippen LogP contribution in [-0.4, -0.2) is 95.8 Å². The van der Waals surface area contributed by atoms with Crippen molar-refractivity contribution in [3.05, 3.63) is 203 Å². The van der Waals surface area contributed by atoms with E-state index in [1.165, 1.54) is 22.3 Å². The van der Waals surface area contributed by atoms with E-state index < -0.39 is 0 Å². The van der Waals surface area contributed by atoms with E-state index in [0.717, 1.165) is 76.0 Å². The number of nitrogens with zero attached hydrogens (tertiary/aromatic N) is 6. The summed E-state index contributed by atoms with van der Waals surface area (Å²) in [7, 11) is 0. The lowest BCUT2D eigenvalue weighted by Gasteiger charge is -2.53. The first-order valence-electron chi connectivity index (χ1n) is 26.3. The van der Waals surface area contributed by atoms with Gasteiger partial charge < -0.3 is 29.9 Å². The van der Waals surface area contributed by atoms with Crippen molar-refractivity contribution in [1.82, 2.24) is 20.7 Å². The first-order chi connectivity index (χ1) is 37.4. The number of amidine groups is 2. The quantitative estimate of drug-likeness (QED) is 0.0991. The molecule has 2 amide bonds. The molecule has 13 rings (SSSR count). The maximum atomic E-state index is 12.5. The van der Waals surface area contributed by atoms with Crippen LogP contribution in [0.5, 0.6) is 11.5 Å². The van der Waals surface area contributed by atoms with E-state index in [-0.39, 0.29) is 47.1 Å². The second-order valence-electron chi connectivity index (χ2n) is 21.3. The van der Waals surface area contributed by atoms with Crippen molar-refractivity contribution in [3.63, 3.8) is 0 Å². The fourth-order valence-corrected chi connectivity index (χ4v) is 12.2. The Morgan fingerprint density at radius 1 is 0.532 bits per heavy atom. The summed E-state index contributed by atoms with van der Waals surface area (Å²) < 4.78 is 13.0. The molecule has 0 spiro atoms. The van der Waals surface area contributed by atoms with E-state index in [9.17, 15) is 9.59 Å². The molecule has 2 fully saturated rings. The highest BCUT2D eigenvalue weighted by molar-refractivity contribution is 9.10. The monoisotopic (exact) mass is 1090 g/mol. The Morgan fingerprint density at radius 3 is 1.31 bits per heavy atom. The molecule has 7 aromatic rings. The second kappa shape index (κ2) is 20.5. The van der Waals surface area contributed by atoms with Gasteiger partial charge in [-0.15, -0.1) is 0 Å². The lowest BCUT2D eigenvalue weighted by atomic mass is 9.85. The third kappa shape index (κ3) is 9.79. The number of likely N-dealkylation sites (tertiary alicyclic amines) is 2. The van der Waals surface area contributed by atoms with Crippen molar-refractivity contribution in [2.24, 2.45) is 10.2 Å². The normalized spacial score (nSPS) is 19.8. The lowest BCUT2D eigenvalue weighted by Crippen LogP contribution is -2.65. The highest BCUT2D eigenvalue weighted by atomic mass is 79.9. The third-order valence-corrected chi connectivity index (χ3v) is 16.1. The molecule has 390 valence electrons. The van der Waals surface area contributed by atoms with Crippen molar-refractivity contribution in [2.75, 3.05) is 59.8 Å². The molecule has 0 aromatic heterocycles. The number of rotatable bonds is 11. The van der Waals surface area contributed by atoms with Gasteiger partial charge in [0.25, 0.3) is 11.8 Å². The van der Waals surface area contributed by atoms with Gasteiger partial charge in [0.2, 0.25) is 0 Å².